The van der Waals surface area contributed by atoms with Crippen molar-refractivity contribution in [3.8, 4) is 0 Å². The fraction of sp³-hybridized carbons (Fsp3) is 1.00. The van der Waals surface area contributed by atoms with Gasteiger partial charge in [0.1, 0.15) is 0 Å². The smallest absolute Gasteiger partial charge is 0.00528 e. The molecule has 2 nitrogen and oxygen atoms in total. The Bertz CT molecular complexity index is 214. The van der Waals surface area contributed by atoms with E-state index in [2.05, 4.69) is 38.0 Å². The number of rotatable bonds is 9. The zero-order valence-corrected chi connectivity index (χ0v) is 13.8. The number of hydrogen-bond donors (Lipinski definition) is 1. The number of nitrogens with one attached hydrogen (secondary N) is 1. The Morgan fingerprint density at radius 2 is 1.79 bits per heavy atom. The third-order valence-electron chi connectivity index (χ3n) is 4.78. The summed E-state index contributed by atoms with van der Waals surface area (Å²) in [5.74, 6) is 0. The molecule has 0 unspecified atom stereocenters. The highest BCUT2D eigenvalue weighted by Gasteiger charge is 2.33. The van der Waals surface area contributed by atoms with Crippen LogP contribution in [0, 0.1) is 5.41 Å². The van der Waals surface area contributed by atoms with Crippen LogP contribution in [0.2, 0.25) is 0 Å². The molecule has 1 saturated carbocycles. The van der Waals surface area contributed by atoms with Crippen LogP contribution in [-0.2, 0) is 0 Å². The Hall–Kier alpha value is -0.0800. The molecule has 1 N–H and O–H groups in total. The van der Waals surface area contributed by atoms with Gasteiger partial charge in [0.25, 0.3) is 0 Å². The van der Waals surface area contributed by atoms with Crippen LogP contribution in [-0.4, -0.2) is 37.6 Å². The second-order valence-corrected chi connectivity index (χ2v) is 6.86. The third-order valence-corrected chi connectivity index (χ3v) is 4.78. The summed E-state index contributed by atoms with van der Waals surface area (Å²) in [7, 11) is 2.12. The minimum Gasteiger partial charge on any atom is -0.319 e. The SMILES string of the molecule is CCCCCN(CC1(CNC)CCCCC1)C(C)C. The average molecular weight is 268 g/mol. The first-order valence-corrected chi connectivity index (χ1v) is 8.52. The van der Waals surface area contributed by atoms with Crippen molar-refractivity contribution in [2.45, 2.75) is 78.2 Å². The van der Waals surface area contributed by atoms with Crippen LogP contribution in [0.4, 0.5) is 0 Å². The van der Waals surface area contributed by atoms with Crippen molar-refractivity contribution >= 4 is 0 Å². The predicted octanol–water partition coefficient (Wildman–Crippen LogP) is 4.06. The van der Waals surface area contributed by atoms with Gasteiger partial charge in [0.2, 0.25) is 0 Å². The molecule has 0 aromatic heterocycles. The van der Waals surface area contributed by atoms with Crippen molar-refractivity contribution in [3.63, 3.8) is 0 Å². The van der Waals surface area contributed by atoms with E-state index in [4.69, 9.17) is 0 Å². The Morgan fingerprint density at radius 3 is 2.32 bits per heavy atom. The lowest BCUT2D eigenvalue weighted by atomic mass is 9.73. The van der Waals surface area contributed by atoms with Crippen LogP contribution in [0.25, 0.3) is 0 Å². The maximum absolute atomic E-state index is 3.46. The summed E-state index contributed by atoms with van der Waals surface area (Å²) in [5, 5.41) is 3.46. The topological polar surface area (TPSA) is 15.3 Å². The van der Waals surface area contributed by atoms with Crippen molar-refractivity contribution < 1.29 is 0 Å². The van der Waals surface area contributed by atoms with Gasteiger partial charge in [0.05, 0.1) is 0 Å². The maximum atomic E-state index is 3.46. The minimum absolute atomic E-state index is 0.545. The van der Waals surface area contributed by atoms with Crippen LogP contribution >= 0.6 is 0 Å². The molecule has 0 bridgehead atoms. The van der Waals surface area contributed by atoms with Crippen LogP contribution in [0.5, 0.6) is 0 Å². The molecule has 114 valence electrons. The summed E-state index contributed by atoms with van der Waals surface area (Å²) in [6, 6.07) is 0.688. The largest absolute Gasteiger partial charge is 0.319 e. The zero-order chi connectivity index (χ0) is 14.1. The first-order valence-electron chi connectivity index (χ1n) is 8.52. The molecule has 0 aliphatic heterocycles. The summed E-state index contributed by atoms with van der Waals surface area (Å²) in [4.78, 5) is 2.73. The summed E-state index contributed by atoms with van der Waals surface area (Å²) < 4.78 is 0. The lowest BCUT2D eigenvalue weighted by Crippen LogP contribution is -2.47. The van der Waals surface area contributed by atoms with Crippen molar-refractivity contribution in [2.75, 3.05) is 26.7 Å². The Morgan fingerprint density at radius 1 is 1.11 bits per heavy atom. The monoisotopic (exact) mass is 268 g/mol. The normalized spacial score (nSPS) is 19.3. The van der Waals surface area contributed by atoms with Crippen LogP contribution < -0.4 is 5.32 Å². The summed E-state index contributed by atoms with van der Waals surface area (Å²) in [6.07, 6.45) is 11.2. The average Bonchev–Trinajstić information content (AvgIpc) is 2.39. The molecular weight excluding hydrogens is 232 g/mol. The molecule has 2 heteroatoms. The van der Waals surface area contributed by atoms with Crippen LogP contribution in [0.15, 0.2) is 0 Å². The van der Waals surface area contributed by atoms with Gasteiger partial charge in [0.15, 0.2) is 0 Å². The molecule has 0 atom stereocenters. The molecule has 0 amide bonds. The van der Waals surface area contributed by atoms with Gasteiger partial charge in [-0.05, 0) is 52.1 Å². The van der Waals surface area contributed by atoms with Crippen molar-refractivity contribution in [1.29, 1.82) is 0 Å². The molecule has 0 heterocycles. The van der Waals surface area contributed by atoms with E-state index in [0.29, 0.717) is 11.5 Å². The summed E-state index contributed by atoms with van der Waals surface area (Å²) >= 11 is 0. The highest BCUT2D eigenvalue weighted by atomic mass is 15.2. The van der Waals surface area contributed by atoms with Gasteiger partial charge in [-0.25, -0.2) is 0 Å². The lowest BCUT2D eigenvalue weighted by molar-refractivity contribution is 0.0837. The van der Waals surface area contributed by atoms with Gasteiger partial charge in [0, 0.05) is 19.1 Å². The molecule has 0 saturated heterocycles. The Balaban J connectivity index is 2.56. The summed E-state index contributed by atoms with van der Waals surface area (Å²) in [5.41, 5.74) is 0.545. The molecule has 0 aromatic carbocycles. The van der Waals surface area contributed by atoms with E-state index in [1.807, 2.05) is 0 Å². The fourth-order valence-corrected chi connectivity index (χ4v) is 3.58. The van der Waals surface area contributed by atoms with Gasteiger partial charge in [-0.2, -0.15) is 0 Å². The van der Waals surface area contributed by atoms with E-state index in [1.165, 1.54) is 71.0 Å². The predicted molar refractivity (Wildman–Crippen MR) is 85.7 cm³/mol. The second kappa shape index (κ2) is 8.97. The van der Waals surface area contributed by atoms with E-state index >= 15 is 0 Å². The van der Waals surface area contributed by atoms with Crippen LogP contribution in [0.1, 0.15) is 72.1 Å². The summed E-state index contributed by atoms with van der Waals surface area (Å²) in [6.45, 7) is 10.8. The standard InChI is InChI=1S/C17H36N2/c1-5-6-10-13-19(16(2)3)15-17(14-18-4)11-8-7-9-12-17/h16,18H,5-15H2,1-4H3. The van der Waals surface area contributed by atoms with Gasteiger partial charge in [-0.15, -0.1) is 0 Å². The molecule has 1 rings (SSSR count). The molecule has 1 fully saturated rings. The van der Waals surface area contributed by atoms with E-state index in [0.717, 1.165) is 0 Å². The molecular formula is C17H36N2. The third kappa shape index (κ3) is 5.83. The van der Waals surface area contributed by atoms with Crippen LogP contribution in [0.3, 0.4) is 0 Å². The number of hydrogen-bond acceptors (Lipinski definition) is 2. The van der Waals surface area contributed by atoms with E-state index in [9.17, 15) is 0 Å². The lowest BCUT2D eigenvalue weighted by Gasteiger charge is -2.42. The van der Waals surface area contributed by atoms with Gasteiger partial charge in [-0.3, -0.25) is 0 Å². The van der Waals surface area contributed by atoms with E-state index in [1.54, 1.807) is 0 Å². The molecule has 1 aliphatic rings. The Labute approximate surface area is 121 Å². The molecule has 1 aliphatic carbocycles. The molecule has 0 aromatic rings. The van der Waals surface area contributed by atoms with Gasteiger partial charge < -0.3 is 10.2 Å². The number of unbranched alkanes of at least 4 members (excludes halogenated alkanes) is 2. The maximum Gasteiger partial charge on any atom is 0.00528 e. The first kappa shape index (κ1) is 17.0. The molecule has 0 radical (unpaired) electrons. The van der Waals surface area contributed by atoms with Crippen molar-refractivity contribution in [3.05, 3.63) is 0 Å². The van der Waals surface area contributed by atoms with Gasteiger partial charge >= 0.3 is 0 Å². The van der Waals surface area contributed by atoms with E-state index < -0.39 is 0 Å². The van der Waals surface area contributed by atoms with E-state index in [-0.39, 0.29) is 0 Å². The zero-order valence-electron chi connectivity index (χ0n) is 13.8. The molecule has 19 heavy (non-hydrogen) atoms. The highest BCUT2D eigenvalue weighted by Crippen LogP contribution is 2.37. The van der Waals surface area contributed by atoms with Crippen molar-refractivity contribution in [2.24, 2.45) is 5.41 Å². The van der Waals surface area contributed by atoms with Crippen molar-refractivity contribution in [1.82, 2.24) is 10.2 Å². The highest BCUT2D eigenvalue weighted by molar-refractivity contribution is 4.88. The fourth-order valence-electron chi connectivity index (χ4n) is 3.58. The first-order chi connectivity index (χ1) is 9.13. The second-order valence-electron chi connectivity index (χ2n) is 6.86. The molecule has 0 spiro atoms. The minimum atomic E-state index is 0.545. The van der Waals surface area contributed by atoms with Gasteiger partial charge in [-0.1, -0.05) is 39.0 Å². The Kier molecular flexibility index (Phi) is 8.01. The quantitative estimate of drug-likeness (QED) is 0.635. The number of nitrogens with zero attached hydrogens (tertiary/aromatic N) is 1.